The maximum atomic E-state index is 13.6. The Morgan fingerprint density at radius 1 is 1.13 bits per heavy atom. The highest BCUT2D eigenvalue weighted by atomic mass is 16.2. The Bertz CT molecular complexity index is 877. The van der Waals surface area contributed by atoms with Gasteiger partial charge >= 0.3 is 0 Å². The van der Waals surface area contributed by atoms with Crippen molar-refractivity contribution in [1.82, 2.24) is 20.0 Å². The van der Waals surface area contributed by atoms with Crippen molar-refractivity contribution in [3.05, 3.63) is 59.9 Å². The van der Waals surface area contributed by atoms with E-state index in [4.69, 9.17) is 0 Å². The average Bonchev–Trinajstić information content (AvgIpc) is 3.00. The van der Waals surface area contributed by atoms with Gasteiger partial charge in [-0.25, -0.2) is 0 Å². The number of rotatable bonds is 5. The highest BCUT2D eigenvalue weighted by Gasteiger charge is 2.52. The minimum atomic E-state index is -0.332. The molecule has 6 nitrogen and oxygen atoms in total. The van der Waals surface area contributed by atoms with Crippen LogP contribution < -0.4 is 0 Å². The van der Waals surface area contributed by atoms with Crippen molar-refractivity contribution in [1.29, 1.82) is 0 Å². The molecule has 158 valence electrons. The quantitative estimate of drug-likeness (QED) is 0.765. The lowest BCUT2D eigenvalue weighted by molar-refractivity contribution is -0.139. The molecule has 0 aliphatic carbocycles. The molecule has 4 rings (SSSR count). The fraction of sp³-hybridized carbons (Fsp3) is 0.500. The Morgan fingerprint density at radius 2 is 1.87 bits per heavy atom. The van der Waals surface area contributed by atoms with Crippen molar-refractivity contribution in [2.24, 2.45) is 11.3 Å². The van der Waals surface area contributed by atoms with E-state index >= 15 is 0 Å². The van der Waals surface area contributed by atoms with Crippen LogP contribution in [0.1, 0.15) is 49.0 Å². The van der Waals surface area contributed by atoms with E-state index in [9.17, 15) is 9.59 Å². The highest BCUT2D eigenvalue weighted by molar-refractivity contribution is 5.94. The maximum absolute atomic E-state index is 13.6. The number of nitrogens with zero attached hydrogens (tertiary/aromatic N) is 4. The molecule has 30 heavy (non-hydrogen) atoms. The third kappa shape index (κ3) is 4.09. The Hall–Kier alpha value is -2.76. The molecule has 2 fully saturated rings. The van der Waals surface area contributed by atoms with Crippen LogP contribution in [0.5, 0.6) is 0 Å². The van der Waals surface area contributed by atoms with Crippen molar-refractivity contribution in [3.63, 3.8) is 0 Å². The Kier molecular flexibility index (Phi) is 5.84. The molecule has 0 unspecified atom stereocenters. The van der Waals surface area contributed by atoms with E-state index in [-0.39, 0.29) is 23.3 Å². The van der Waals surface area contributed by atoms with Gasteiger partial charge < -0.3 is 9.80 Å². The summed E-state index contributed by atoms with van der Waals surface area (Å²) in [5.74, 6) is 0.697. The number of carbonyl (C=O) groups excluding carboxylic acids is 2. The molecule has 2 aliphatic heterocycles. The Labute approximate surface area is 178 Å². The van der Waals surface area contributed by atoms with Crippen molar-refractivity contribution in [2.45, 2.75) is 45.6 Å². The molecule has 1 spiro atoms. The van der Waals surface area contributed by atoms with Crippen molar-refractivity contribution >= 4 is 11.8 Å². The second kappa shape index (κ2) is 8.54. The van der Waals surface area contributed by atoms with Gasteiger partial charge in [-0.05, 0) is 43.2 Å². The van der Waals surface area contributed by atoms with Crippen molar-refractivity contribution < 1.29 is 9.59 Å². The van der Waals surface area contributed by atoms with E-state index in [1.54, 1.807) is 6.07 Å². The molecule has 3 heterocycles. The number of aromatic nitrogens is 2. The van der Waals surface area contributed by atoms with E-state index in [0.717, 1.165) is 32.2 Å². The van der Waals surface area contributed by atoms with Crippen LogP contribution in [0.3, 0.4) is 0 Å². The lowest BCUT2D eigenvalue weighted by Gasteiger charge is -2.38. The van der Waals surface area contributed by atoms with E-state index in [1.807, 2.05) is 11.0 Å². The molecule has 2 aliphatic rings. The normalized spacial score (nSPS) is 20.9. The molecule has 2 saturated heterocycles. The number of amides is 2. The summed E-state index contributed by atoms with van der Waals surface area (Å²) >= 11 is 0. The van der Waals surface area contributed by atoms with Crippen LogP contribution in [0.15, 0.2) is 48.8 Å². The van der Waals surface area contributed by atoms with Crippen LogP contribution in [0.25, 0.3) is 0 Å². The molecular formula is C24H30N4O2. The molecule has 0 radical (unpaired) electrons. The number of carbonyl (C=O) groups is 2. The van der Waals surface area contributed by atoms with Crippen LogP contribution in [-0.4, -0.2) is 57.5 Å². The summed E-state index contributed by atoms with van der Waals surface area (Å²) in [6, 6.07) is 12.4. The number of likely N-dealkylation sites (tertiary alicyclic amines) is 2. The molecule has 2 aromatic rings. The largest absolute Gasteiger partial charge is 0.339 e. The van der Waals surface area contributed by atoms with Crippen LogP contribution in [0.4, 0.5) is 0 Å². The Balaban J connectivity index is 1.48. The van der Waals surface area contributed by atoms with E-state index in [2.05, 4.69) is 53.2 Å². The molecular weight excluding hydrogens is 376 g/mol. The van der Waals surface area contributed by atoms with Gasteiger partial charge in [-0.15, -0.1) is 0 Å². The fourth-order valence-corrected chi connectivity index (χ4v) is 4.97. The van der Waals surface area contributed by atoms with Crippen LogP contribution in [0, 0.1) is 11.3 Å². The van der Waals surface area contributed by atoms with Crippen molar-refractivity contribution in [3.8, 4) is 0 Å². The van der Waals surface area contributed by atoms with Gasteiger partial charge in [-0.1, -0.05) is 44.2 Å². The van der Waals surface area contributed by atoms with Gasteiger partial charge in [-0.3, -0.25) is 9.59 Å². The van der Waals surface area contributed by atoms with E-state index in [0.29, 0.717) is 24.6 Å². The first kappa shape index (κ1) is 20.5. The van der Waals surface area contributed by atoms with Gasteiger partial charge in [0.15, 0.2) is 0 Å². The number of piperidine rings is 1. The first-order valence-electron chi connectivity index (χ1n) is 10.9. The summed E-state index contributed by atoms with van der Waals surface area (Å²) in [6.07, 6.45) is 6.29. The Morgan fingerprint density at radius 3 is 2.50 bits per heavy atom. The van der Waals surface area contributed by atoms with Crippen molar-refractivity contribution in [2.75, 3.05) is 19.6 Å². The lowest BCUT2D eigenvalue weighted by atomic mass is 9.75. The zero-order valence-electron chi connectivity index (χ0n) is 17.8. The molecule has 1 aromatic carbocycles. The van der Waals surface area contributed by atoms with Gasteiger partial charge in [0.25, 0.3) is 5.91 Å². The molecule has 0 saturated carbocycles. The molecule has 6 heteroatoms. The van der Waals surface area contributed by atoms with Crippen LogP contribution in [-0.2, 0) is 11.2 Å². The second-order valence-corrected chi connectivity index (χ2v) is 9.10. The average molecular weight is 407 g/mol. The number of hydrogen-bond donors (Lipinski definition) is 0. The lowest BCUT2D eigenvalue weighted by Crippen LogP contribution is -2.47. The van der Waals surface area contributed by atoms with Gasteiger partial charge in [-0.2, -0.15) is 10.2 Å². The summed E-state index contributed by atoms with van der Waals surface area (Å²) < 4.78 is 0. The maximum Gasteiger partial charge on any atom is 0.255 e. The summed E-state index contributed by atoms with van der Waals surface area (Å²) in [5, 5.41) is 7.56. The third-order valence-electron chi connectivity index (χ3n) is 6.50. The monoisotopic (exact) mass is 406 g/mol. The summed E-state index contributed by atoms with van der Waals surface area (Å²) in [4.78, 5) is 30.3. The minimum absolute atomic E-state index is 0.0231. The molecule has 1 atom stereocenters. The third-order valence-corrected chi connectivity index (χ3v) is 6.50. The summed E-state index contributed by atoms with van der Waals surface area (Å²) in [7, 11) is 0. The van der Waals surface area contributed by atoms with Gasteiger partial charge in [0.05, 0.1) is 23.4 Å². The first-order valence-corrected chi connectivity index (χ1v) is 10.9. The second-order valence-electron chi connectivity index (χ2n) is 9.10. The topological polar surface area (TPSA) is 66.4 Å². The summed E-state index contributed by atoms with van der Waals surface area (Å²) in [5.41, 5.74) is 1.50. The van der Waals surface area contributed by atoms with E-state index < -0.39 is 0 Å². The molecule has 0 N–H and O–H groups in total. The zero-order valence-corrected chi connectivity index (χ0v) is 17.8. The standard InChI is InChI=1S/C24H30N4O2/c1-18(2)17-28-21(14-19-6-4-3-5-7-19)15-24(23(28)30)9-12-27(13-10-24)22(29)20-8-11-25-26-16-20/h3-8,11,16,18,21H,9-10,12-15,17H2,1-2H3/t21-/m0/s1. The van der Waals surface area contributed by atoms with Gasteiger partial charge in [0.2, 0.25) is 5.91 Å². The predicted octanol–water partition coefficient (Wildman–Crippen LogP) is 3.20. The molecule has 1 aromatic heterocycles. The smallest absolute Gasteiger partial charge is 0.255 e. The fourth-order valence-electron chi connectivity index (χ4n) is 4.97. The first-order chi connectivity index (χ1) is 14.5. The number of hydrogen-bond acceptors (Lipinski definition) is 4. The molecule has 2 amide bonds. The minimum Gasteiger partial charge on any atom is -0.339 e. The predicted molar refractivity (Wildman–Crippen MR) is 115 cm³/mol. The number of benzene rings is 1. The zero-order chi connectivity index (χ0) is 21.1. The highest BCUT2D eigenvalue weighted by Crippen LogP contribution is 2.45. The van der Waals surface area contributed by atoms with Gasteiger partial charge in [0, 0.05) is 25.7 Å². The SMILES string of the molecule is CC(C)CN1C(=O)C2(CCN(C(=O)c3ccnnc3)CC2)C[C@@H]1Cc1ccccc1. The van der Waals surface area contributed by atoms with Crippen LogP contribution >= 0.6 is 0 Å². The summed E-state index contributed by atoms with van der Waals surface area (Å²) in [6.45, 7) is 6.36. The molecule has 0 bridgehead atoms. The van der Waals surface area contributed by atoms with Crippen LogP contribution in [0.2, 0.25) is 0 Å². The van der Waals surface area contributed by atoms with Gasteiger partial charge in [0.1, 0.15) is 0 Å². The van der Waals surface area contributed by atoms with E-state index in [1.165, 1.54) is 18.0 Å².